The molecular formula is C24H24Cl2N2O2S. The van der Waals surface area contributed by atoms with Crippen molar-refractivity contribution in [3.8, 4) is 0 Å². The molecule has 2 unspecified atom stereocenters. The maximum absolute atomic E-state index is 13.1. The molecule has 3 aromatic carbocycles. The van der Waals surface area contributed by atoms with E-state index in [1.165, 1.54) is 6.07 Å². The molecule has 2 amide bonds. The predicted octanol–water partition coefficient (Wildman–Crippen LogP) is 5.88. The number of rotatable bonds is 8. The van der Waals surface area contributed by atoms with Gasteiger partial charge in [0.15, 0.2) is 0 Å². The first-order valence-electron chi connectivity index (χ1n) is 9.93. The molecule has 7 heteroatoms. The first-order valence-corrected chi connectivity index (χ1v) is 12.1. The Hall–Kier alpha value is -2.21. The average Bonchev–Trinajstić information content (AvgIpc) is 2.75. The molecule has 0 spiro atoms. The van der Waals surface area contributed by atoms with Crippen LogP contribution in [0.2, 0.25) is 10.0 Å². The molecule has 0 saturated heterocycles. The minimum atomic E-state index is -0.677. The Kier molecular flexibility index (Phi) is 8.24. The average molecular weight is 475 g/mol. The molecule has 0 radical (unpaired) electrons. The summed E-state index contributed by atoms with van der Waals surface area (Å²) in [6.45, 7) is 1.95. The number of hydrogen-bond acceptors (Lipinski definition) is 3. The van der Waals surface area contributed by atoms with Crippen LogP contribution >= 0.6 is 35.0 Å². The van der Waals surface area contributed by atoms with Crippen molar-refractivity contribution in [2.24, 2.45) is 0 Å². The van der Waals surface area contributed by atoms with Crippen molar-refractivity contribution in [1.82, 2.24) is 10.6 Å². The smallest absolute Gasteiger partial charge is 0.253 e. The van der Waals surface area contributed by atoms with Gasteiger partial charge in [0.1, 0.15) is 6.04 Å². The van der Waals surface area contributed by atoms with Crippen LogP contribution in [0.25, 0.3) is 10.8 Å². The highest BCUT2D eigenvalue weighted by atomic mass is 35.5. The number of thioether (sulfide) groups is 1. The quantitative estimate of drug-likeness (QED) is 0.428. The zero-order valence-electron chi connectivity index (χ0n) is 17.3. The van der Waals surface area contributed by atoms with Gasteiger partial charge in [-0.05, 0) is 59.9 Å². The molecule has 2 atom stereocenters. The van der Waals surface area contributed by atoms with Crippen LogP contribution in [-0.2, 0) is 4.79 Å². The van der Waals surface area contributed by atoms with Gasteiger partial charge >= 0.3 is 0 Å². The number of carbonyl (C=O) groups excluding carboxylic acids is 2. The lowest BCUT2D eigenvalue weighted by molar-refractivity contribution is -0.123. The van der Waals surface area contributed by atoms with Crippen LogP contribution in [0.15, 0.2) is 60.7 Å². The van der Waals surface area contributed by atoms with E-state index in [1.54, 1.807) is 23.9 Å². The minimum Gasteiger partial charge on any atom is -0.348 e. The monoisotopic (exact) mass is 474 g/mol. The molecule has 2 N–H and O–H groups in total. The van der Waals surface area contributed by atoms with Crippen molar-refractivity contribution < 1.29 is 9.59 Å². The van der Waals surface area contributed by atoms with E-state index < -0.39 is 11.9 Å². The molecule has 0 aliphatic rings. The fourth-order valence-electron chi connectivity index (χ4n) is 3.43. The summed E-state index contributed by atoms with van der Waals surface area (Å²) < 4.78 is 0. The maximum atomic E-state index is 13.1. The molecule has 4 nitrogen and oxygen atoms in total. The molecule has 0 fully saturated rings. The number of benzene rings is 3. The third kappa shape index (κ3) is 5.94. The number of halogens is 2. The van der Waals surface area contributed by atoms with Crippen LogP contribution in [0, 0.1) is 0 Å². The van der Waals surface area contributed by atoms with Crippen LogP contribution < -0.4 is 10.6 Å². The molecular weight excluding hydrogens is 451 g/mol. The predicted molar refractivity (Wildman–Crippen MR) is 131 cm³/mol. The molecule has 0 aliphatic heterocycles. The summed E-state index contributed by atoms with van der Waals surface area (Å²) in [5.41, 5.74) is 1.32. The number of carbonyl (C=O) groups is 2. The van der Waals surface area contributed by atoms with E-state index in [4.69, 9.17) is 23.2 Å². The van der Waals surface area contributed by atoms with Crippen molar-refractivity contribution in [2.45, 2.75) is 25.4 Å². The molecule has 0 bridgehead atoms. The molecule has 3 rings (SSSR count). The summed E-state index contributed by atoms with van der Waals surface area (Å²) >= 11 is 13.7. The summed E-state index contributed by atoms with van der Waals surface area (Å²) in [7, 11) is 0. The minimum absolute atomic E-state index is 0.216. The van der Waals surface area contributed by atoms with E-state index >= 15 is 0 Å². The van der Waals surface area contributed by atoms with E-state index in [-0.39, 0.29) is 22.5 Å². The lowest BCUT2D eigenvalue weighted by Crippen LogP contribution is -2.47. The van der Waals surface area contributed by atoms with Crippen LogP contribution in [0.1, 0.15) is 35.3 Å². The van der Waals surface area contributed by atoms with E-state index in [1.807, 2.05) is 55.6 Å². The Labute approximate surface area is 196 Å². The first-order chi connectivity index (χ1) is 14.9. The van der Waals surface area contributed by atoms with Gasteiger partial charge in [-0.3, -0.25) is 9.59 Å². The second-order valence-corrected chi connectivity index (χ2v) is 9.06. The molecule has 0 aliphatic carbocycles. The third-order valence-corrected chi connectivity index (χ3v) is 6.25. The Bertz CT molecular complexity index is 1080. The second kappa shape index (κ2) is 10.9. The Balaban J connectivity index is 1.76. The third-order valence-electron chi connectivity index (χ3n) is 5.06. The molecule has 3 aromatic rings. The van der Waals surface area contributed by atoms with E-state index in [9.17, 15) is 9.59 Å². The normalized spacial score (nSPS) is 12.9. The molecule has 0 heterocycles. The Morgan fingerprint density at radius 3 is 2.48 bits per heavy atom. The van der Waals surface area contributed by atoms with E-state index in [0.29, 0.717) is 11.4 Å². The Morgan fingerprint density at radius 2 is 1.74 bits per heavy atom. The van der Waals surface area contributed by atoms with Crippen molar-refractivity contribution in [3.05, 3.63) is 81.8 Å². The Morgan fingerprint density at radius 1 is 1.00 bits per heavy atom. The van der Waals surface area contributed by atoms with Crippen LogP contribution in [0.5, 0.6) is 0 Å². The van der Waals surface area contributed by atoms with Gasteiger partial charge in [0.25, 0.3) is 5.91 Å². The maximum Gasteiger partial charge on any atom is 0.253 e. The van der Waals surface area contributed by atoms with Gasteiger partial charge in [0.2, 0.25) is 5.91 Å². The zero-order chi connectivity index (χ0) is 22.4. The van der Waals surface area contributed by atoms with Crippen LogP contribution in [0.3, 0.4) is 0 Å². The summed E-state index contributed by atoms with van der Waals surface area (Å²) in [5, 5.41) is 8.80. The van der Waals surface area contributed by atoms with Crippen LogP contribution in [0.4, 0.5) is 0 Å². The van der Waals surface area contributed by atoms with Crippen molar-refractivity contribution in [2.75, 3.05) is 12.0 Å². The van der Waals surface area contributed by atoms with Crippen molar-refractivity contribution in [3.63, 3.8) is 0 Å². The van der Waals surface area contributed by atoms with Gasteiger partial charge in [-0.1, -0.05) is 65.7 Å². The molecule has 0 saturated carbocycles. The van der Waals surface area contributed by atoms with Gasteiger partial charge in [0.05, 0.1) is 16.6 Å². The summed E-state index contributed by atoms with van der Waals surface area (Å²) in [6.07, 6.45) is 2.47. The second-order valence-electron chi connectivity index (χ2n) is 7.23. The standard InChI is InChI=1S/C24H24Cl2N2O2S/c1-15(18-9-5-7-16-6-3-4-8-19(16)18)27-24(30)22(12-13-31-2)28-23(29)20-11-10-17(25)14-21(20)26/h3-11,14-15,22H,12-13H2,1-2H3,(H,27,30)(H,28,29). The van der Waals surface area contributed by atoms with Gasteiger partial charge in [-0.15, -0.1) is 0 Å². The van der Waals surface area contributed by atoms with Gasteiger partial charge in [0, 0.05) is 5.02 Å². The summed E-state index contributed by atoms with van der Waals surface area (Å²) in [6, 6.07) is 17.9. The van der Waals surface area contributed by atoms with E-state index in [2.05, 4.69) is 10.6 Å². The van der Waals surface area contributed by atoms with Gasteiger partial charge in [-0.25, -0.2) is 0 Å². The highest BCUT2D eigenvalue weighted by molar-refractivity contribution is 7.98. The fraction of sp³-hybridized carbons (Fsp3) is 0.250. The highest BCUT2D eigenvalue weighted by Crippen LogP contribution is 2.24. The van der Waals surface area contributed by atoms with Crippen molar-refractivity contribution >= 4 is 57.6 Å². The molecule has 162 valence electrons. The molecule has 31 heavy (non-hydrogen) atoms. The first kappa shape index (κ1) is 23.5. The topological polar surface area (TPSA) is 58.2 Å². The fourth-order valence-corrected chi connectivity index (χ4v) is 4.40. The van der Waals surface area contributed by atoms with Gasteiger partial charge in [-0.2, -0.15) is 11.8 Å². The largest absolute Gasteiger partial charge is 0.348 e. The number of amides is 2. The highest BCUT2D eigenvalue weighted by Gasteiger charge is 2.24. The lowest BCUT2D eigenvalue weighted by atomic mass is 9.99. The number of nitrogens with one attached hydrogen (secondary N) is 2. The molecule has 0 aromatic heterocycles. The zero-order valence-corrected chi connectivity index (χ0v) is 19.7. The SMILES string of the molecule is CSCCC(NC(=O)c1ccc(Cl)cc1Cl)C(=O)NC(C)c1cccc2ccccc12. The lowest BCUT2D eigenvalue weighted by Gasteiger charge is -2.22. The van der Waals surface area contributed by atoms with Crippen LogP contribution in [-0.4, -0.2) is 29.9 Å². The summed E-state index contributed by atoms with van der Waals surface area (Å²) in [4.78, 5) is 25.8. The van der Waals surface area contributed by atoms with Crippen molar-refractivity contribution in [1.29, 1.82) is 0 Å². The number of hydrogen-bond donors (Lipinski definition) is 2. The van der Waals surface area contributed by atoms with E-state index in [0.717, 1.165) is 22.1 Å². The number of fused-ring (bicyclic) bond motifs is 1. The van der Waals surface area contributed by atoms with Gasteiger partial charge < -0.3 is 10.6 Å². The summed E-state index contributed by atoms with van der Waals surface area (Å²) in [5.74, 6) is 0.101.